The van der Waals surface area contributed by atoms with E-state index in [4.69, 9.17) is 0 Å². The Kier molecular flexibility index (Phi) is 5.45. The predicted molar refractivity (Wildman–Crippen MR) is 93.9 cm³/mol. The molecule has 1 N–H and O–H groups in total. The number of aromatic nitrogens is 2. The van der Waals surface area contributed by atoms with Crippen molar-refractivity contribution < 1.29 is 18.0 Å². The van der Waals surface area contributed by atoms with E-state index in [-0.39, 0.29) is 22.2 Å². The third-order valence-electron chi connectivity index (χ3n) is 4.19. The first-order valence-corrected chi connectivity index (χ1v) is 8.82. The molecule has 0 bridgehead atoms. The van der Waals surface area contributed by atoms with Gasteiger partial charge in [-0.25, -0.2) is 4.98 Å². The molecule has 26 heavy (non-hydrogen) atoms. The summed E-state index contributed by atoms with van der Waals surface area (Å²) in [6.45, 7) is 0.769. The van der Waals surface area contributed by atoms with Gasteiger partial charge in [-0.05, 0) is 47.0 Å². The molecular formula is C17H16BrF3N4O. The van der Waals surface area contributed by atoms with Crippen LogP contribution in [0.25, 0.3) is 0 Å². The maximum absolute atomic E-state index is 13.3. The van der Waals surface area contributed by atoms with E-state index in [0.717, 1.165) is 6.07 Å². The minimum Gasteiger partial charge on any atom is -0.356 e. The van der Waals surface area contributed by atoms with Gasteiger partial charge >= 0.3 is 6.18 Å². The van der Waals surface area contributed by atoms with Crippen LogP contribution in [0, 0.1) is 0 Å². The Hall–Kier alpha value is -2.16. The highest BCUT2D eigenvalue weighted by Crippen LogP contribution is 2.37. The van der Waals surface area contributed by atoms with Gasteiger partial charge in [0.25, 0.3) is 5.91 Å². The average molecular weight is 429 g/mol. The Morgan fingerprint density at radius 1 is 1.27 bits per heavy atom. The number of alkyl halides is 3. The molecule has 2 aromatic rings. The van der Waals surface area contributed by atoms with Crippen molar-refractivity contribution in [3.8, 4) is 0 Å². The second-order valence-electron chi connectivity index (χ2n) is 6.00. The number of rotatable bonds is 3. The third kappa shape index (κ3) is 4.32. The lowest BCUT2D eigenvalue weighted by Gasteiger charge is -2.34. The number of nitrogens with zero attached hydrogens (tertiary/aromatic N) is 3. The number of hydrogen-bond acceptors (Lipinski definition) is 4. The van der Waals surface area contributed by atoms with Crippen LogP contribution in [0.5, 0.6) is 0 Å². The molecule has 1 aliphatic rings. The van der Waals surface area contributed by atoms with Crippen LogP contribution in [-0.4, -0.2) is 35.0 Å². The van der Waals surface area contributed by atoms with E-state index in [9.17, 15) is 18.0 Å². The van der Waals surface area contributed by atoms with Crippen LogP contribution in [0.3, 0.4) is 0 Å². The zero-order valence-electron chi connectivity index (χ0n) is 13.6. The molecular weight excluding hydrogens is 413 g/mol. The van der Waals surface area contributed by atoms with Crippen LogP contribution in [-0.2, 0) is 6.18 Å². The zero-order chi connectivity index (χ0) is 18.7. The van der Waals surface area contributed by atoms with Crippen molar-refractivity contribution in [3.05, 3.63) is 52.4 Å². The molecule has 5 nitrogen and oxygen atoms in total. The van der Waals surface area contributed by atoms with Gasteiger partial charge in [-0.2, -0.15) is 13.2 Å². The van der Waals surface area contributed by atoms with E-state index >= 15 is 0 Å². The minimum atomic E-state index is -4.47. The fourth-order valence-electron chi connectivity index (χ4n) is 2.89. The first-order chi connectivity index (χ1) is 12.3. The Bertz CT molecular complexity index is 777. The van der Waals surface area contributed by atoms with Gasteiger partial charge in [0.2, 0.25) is 0 Å². The number of anilines is 1. The first kappa shape index (κ1) is 18.6. The summed E-state index contributed by atoms with van der Waals surface area (Å²) in [7, 11) is 0. The Morgan fingerprint density at radius 2 is 2.00 bits per heavy atom. The van der Waals surface area contributed by atoms with Gasteiger partial charge in [-0.3, -0.25) is 9.78 Å². The lowest BCUT2D eigenvalue weighted by molar-refractivity contribution is -0.137. The van der Waals surface area contributed by atoms with Crippen LogP contribution in [0.2, 0.25) is 0 Å². The van der Waals surface area contributed by atoms with E-state index in [1.54, 1.807) is 23.2 Å². The molecule has 1 aliphatic heterocycles. The second-order valence-corrected chi connectivity index (χ2v) is 6.91. The van der Waals surface area contributed by atoms with E-state index in [0.29, 0.717) is 31.5 Å². The van der Waals surface area contributed by atoms with Crippen molar-refractivity contribution in [1.82, 2.24) is 15.3 Å². The fraction of sp³-hybridized carbons (Fsp3) is 0.353. The van der Waals surface area contributed by atoms with E-state index < -0.39 is 11.7 Å². The minimum absolute atomic E-state index is 0.0715. The Balaban J connectivity index is 1.65. The molecule has 0 unspecified atom stereocenters. The quantitative estimate of drug-likeness (QED) is 0.810. The average Bonchev–Trinajstić information content (AvgIpc) is 2.62. The lowest BCUT2D eigenvalue weighted by Crippen LogP contribution is -2.45. The molecule has 3 heterocycles. The smallest absolute Gasteiger partial charge is 0.356 e. The monoisotopic (exact) mass is 428 g/mol. The van der Waals surface area contributed by atoms with Gasteiger partial charge in [0, 0.05) is 42.2 Å². The number of piperidine rings is 1. The highest BCUT2D eigenvalue weighted by molar-refractivity contribution is 9.10. The van der Waals surface area contributed by atoms with Gasteiger partial charge in [0.05, 0.1) is 11.1 Å². The molecule has 0 spiro atoms. The predicted octanol–water partition coefficient (Wildman–Crippen LogP) is 3.66. The van der Waals surface area contributed by atoms with Gasteiger partial charge in [-0.15, -0.1) is 0 Å². The number of carbonyl (C=O) groups excluding carboxylic acids is 1. The summed E-state index contributed by atoms with van der Waals surface area (Å²) in [5, 5.41) is 2.91. The number of amides is 1. The van der Waals surface area contributed by atoms with Crippen molar-refractivity contribution in [2.75, 3.05) is 18.0 Å². The van der Waals surface area contributed by atoms with Crippen molar-refractivity contribution >= 4 is 27.7 Å². The Labute approximate surface area is 156 Å². The van der Waals surface area contributed by atoms with Gasteiger partial charge in [0.1, 0.15) is 5.82 Å². The summed E-state index contributed by atoms with van der Waals surface area (Å²) < 4.78 is 40.1. The summed E-state index contributed by atoms with van der Waals surface area (Å²) >= 11 is 3.04. The van der Waals surface area contributed by atoms with Crippen molar-refractivity contribution in [2.45, 2.75) is 25.1 Å². The number of halogens is 4. The standard InChI is InChI=1S/C17H16BrF3N4O/c18-12-8-14(17(19,20)21)15(23-10-12)25-6-3-13(4-7-25)24-16(26)11-2-1-5-22-9-11/h1-2,5,8-10,13H,3-4,6-7H2,(H,24,26). The number of carbonyl (C=O) groups is 1. The van der Waals surface area contributed by atoms with Crippen LogP contribution in [0.1, 0.15) is 28.8 Å². The maximum atomic E-state index is 13.3. The Morgan fingerprint density at radius 3 is 2.62 bits per heavy atom. The summed E-state index contributed by atoms with van der Waals surface area (Å²) in [5.41, 5.74) is -0.298. The van der Waals surface area contributed by atoms with Gasteiger partial charge in [-0.1, -0.05) is 0 Å². The fourth-order valence-corrected chi connectivity index (χ4v) is 3.23. The lowest BCUT2D eigenvalue weighted by atomic mass is 10.0. The molecule has 9 heteroatoms. The van der Waals surface area contributed by atoms with Crippen LogP contribution in [0.15, 0.2) is 41.3 Å². The van der Waals surface area contributed by atoms with E-state index in [1.807, 2.05) is 0 Å². The largest absolute Gasteiger partial charge is 0.419 e. The normalized spacial score (nSPS) is 15.8. The number of hydrogen-bond donors (Lipinski definition) is 1. The van der Waals surface area contributed by atoms with Crippen molar-refractivity contribution in [1.29, 1.82) is 0 Å². The molecule has 0 aromatic carbocycles. The molecule has 0 saturated carbocycles. The first-order valence-electron chi connectivity index (χ1n) is 8.03. The van der Waals surface area contributed by atoms with Crippen molar-refractivity contribution in [2.24, 2.45) is 0 Å². The molecule has 0 aliphatic carbocycles. The highest BCUT2D eigenvalue weighted by atomic mass is 79.9. The van der Waals surface area contributed by atoms with Crippen LogP contribution >= 0.6 is 15.9 Å². The van der Waals surface area contributed by atoms with Crippen LogP contribution in [0.4, 0.5) is 19.0 Å². The van der Waals surface area contributed by atoms with E-state index in [2.05, 4.69) is 31.2 Å². The summed E-state index contributed by atoms with van der Waals surface area (Å²) in [6, 6.07) is 4.29. The molecule has 1 fully saturated rings. The van der Waals surface area contributed by atoms with Crippen LogP contribution < -0.4 is 10.2 Å². The van der Waals surface area contributed by atoms with Gasteiger partial charge < -0.3 is 10.2 Å². The molecule has 3 rings (SSSR count). The van der Waals surface area contributed by atoms with E-state index in [1.165, 1.54) is 12.4 Å². The highest BCUT2D eigenvalue weighted by Gasteiger charge is 2.37. The second kappa shape index (κ2) is 7.61. The maximum Gasteiger partial charge on any atom is 0.419 e. The summed E-state index contributed by atoms with van der Waals surface area (Å²) in [5.74, 6) is -0.299. The SMILES string of the molecule is O=C(NC1CCN(c2ncc(Br)cc2C(F)(F)F)CC1)c1cccnc1. The molecule has 0 atom stereocenters. The number of nitrogens with one attached hydrogen (secondary N) is 1. The molecule has 138 valence electrons. The molecule has 2 aromatic heterocycles. The third-order valence-corrected chi connectivity index (χ3v) is 4.63. The summed E-state index contributed by atoms with van der Waals surface area (Å²) in [6.07, 6.45) is 1.03. The molecule has 1 saturated heterocycles. The summed E-state index contributed by atoms with van der Waals surface area (Å²) in [4.78, 5) is 21.6. The molecule has 1 amide bonds. The molecule has 0 radical (unpaired) electrons. The topological polar surface area (TPSA) is 58.1 Å². The zero-order valence-corrected chi connectivity index (χ0v) is 15.2. The number of pyridine rings is 2. The van der Waals surface area contributed by atoms with Crippen molar-refractivity contribution in [3.63, 3.8) is 0 Å². The van der Waals surface area contributed by atoms with Gasteiger partial charge in [0.15, 0.2) is 0 Å².